The molecule has 106 valence electrons. The van der Waals surface area contributed by atoms with Gasteiger partial charge in [-0.05, 0) is 39.0 Å². The van der Waals surface area contributed by atoms with Crippen LogP contribution in [0.3, 0.4) is 0 Å². The van der Waals surface area contributed by atoms with E-state index in [0.717, 1.165) is 21.3 Å². The molecule has 0 amide bonds. The molecule has 1 aromatic carbocycles. The number of hydrogen-bond acceptors (Lipinski definition) is 2. The van der Waals surface area contributed by atoms with Gasteiger partial charge in [0.05, 0.1) is 18.0 Å². The Hall–Kier alpha value is -1.03. The van der Waals surface area contributed by atoms with E-state index in [0.29, 0.717) is 5.92 Å². The first-order valence-electron chi connectivity index (χ1n) is 6.28. The van der Waals surface area contributed by atoms with Gasteiger partial charge in [-0.25, -0.2) is 0 Å². The number of carboxylic acids is 1. The number of aliphatic carboxylic acids is 1. The second-order valence-corrected chi connectivity index (χ2v) is 6.49. The number of rotatable bonds is 5. The quantitative estimate of drug-likeness (QED) is 0.874. The summed E-state index contributed by atoms with van der Waals surface area (Å²) in [6.07, 6.45) is 0.0797. The van der Waals surface area contributed by atoms with Crippen LogP contribution in [0.1, 0.15) is 51.2 Å². The SMILES string of the molecule is COc1cc(C(C)C)cc(C(C)(C)CC(=O)O)c1Br. The Kier molecular flexibility index (Phi) is 5.02. The van der Waals surface area contributed by atoms with E-state index in [4.69, 9.17) is 9.84 Å². The van der Waals surface area contributed by atoms with Crippen LogP contribution in [-0.4, -0.2) is 18.2 Å². The molecule has 0 atom stereocenters. The molecule has 0 saturated heterocycles. The molecule has 3 nitrogen and oxygen atoms in total. The van der Waals surface area contributed by atoms with Crippen LogP contribution in [0.5, 0.6) is 5.75 Å². The number of carbonyl (C=O) groups is 1. The zero-order chi connectivity index (χ0) is 14.8. The molecule has 1 N–H and O–H groups in total. The van der Waals surface area contributed by atoms with Gasteiger partial charge in [0.1, 0.15) is 5.75 Å². The van der Waals surface area contributed by atoms with Crippen molar-refractivity contribution in [3.8, 4) is 5.75 Å². The smallest absolute Gasteiger partial charge is 0.304 e. The predicted molar refractivity (Wildman–Crippen MR) is 80.1 cm³/mol. The third kappa shape index (κ3) is 3.72. The Morgan fingerprint density at radius 2 is 2.00 bits per heavy atom. The van der Waals surface area contributed by atoms with Gasteiger partial charge in [0.25, 0.3) is 0 Å². The highest BCUT2D eigenvalue weighted by Gasteiger charge is 2.28. The first-order valence-corrected chi connectivity index (χ1v) is 7.08. The molecule has 0 aliphatic rings. The lowest BCUT2D eigenvalue weighted by Gasteiger charge is -2.27. The van der Waals surface area contributed by atoms with Crippen molar-refractivity contribution >= 4 is 21.9 Å². The molecule has 0 radical (unpaired) electrons. The molecule has 0 fully saturated rings. The summed E-state index contributed by atoms with van der Waals surface area (Å²) in [6.45, 7) is 8.09. The normalized spacial score (nSPS) is 11.7. The summed E-state index contributed by atoms with van der Waals surface area (Å²) in [4.78, 5) is 11.0. The summed E-state index contributed by atoms with van der Waals surface area (Å²) < 4.78 is 6.22. The minimum Gasteiger partial charge on any atom is -0.496 e. The summed E-state index contributed by atoms with van der Waals surface area (Å²) in [6, 6.07) is 4.06. The lowest BCUT2D eigenvalue weighted by atomic mass is 9.80. The van der Waals surface area contributed by atoms with Gasteiger partial charge in [-0.2, -0.15) is 0 Å². The Bertz CT molecular complexity index is 479. The van der Waals surface area contributed by atoms with Crippen LogP contribution >= 0.6 is 15.9 Å². The van der Waals surface area contributed by atoms with E-state index >= 15 is 0 Å². The number of halogens is 1. The van der Waals surface area contributed by atoms with Crippen molar-refractivity contribution in [2.45, 2.75) is 45.4 Å². The van der Waals surface area contributed by atoms with Crippen molar-refractivity contribution in [3.63, 3.8) is 0 Å². The number of ether oxygens (including phenoxy) is 1. The molecule has 0 aliphatic carbocycles. The van der Waals surface area contributed by atoms with Crippen molar-refractivity contribution in [1.82, 2.24) is 0 Å². The Morgan fingerprint density at radius 3 is 2.42 bits per heavy atom. The van der Waals surface area contributed by atoms with E-state index in [-0.39, 0.29) is 6.42 Å². The van der Waals surface area contributed by atoms with E-state index in [1.807, 2.05) is 19.9 Å². The van der Waals surface area contributed by atoms with E-state index in [1.165, 1.54) is 0 Å². The molecular formula is C15H21BrO3. The Morgan fingerprint density at radius 1 is 1.42 bits per heavy atom. The van der Waals surface area contributed by atoms with E-state index in [2.05, 4.69) is 35.8 Å². The minimum absolute atomic E-state index is 0.0797. The molecular weight excluding hydrogens is 308 g/mol. The summed E-state index contributed by atoms with van der Waals surface area (Å²) in [7, 11) is 1.62. The molecule has 1 aromatic rings. The minimum atomic E-state index is -0.800. The van der Waals surface area contributed by atoms with Crippen LogP contribution in [0.2, 0.25) is 0 Å². The van der Waals surface area contributed by atoms with Crippen molar-refractivity contribution in [2.24, 2.45) is 0 Å². The molecule has 0 bridgehead atoms. The molecule has 0 saturated carbocycles. The summed E-state index contributed by atoms with van der Waals surface area (Å²) in [5.74, 6) is 0.312. The van der Waals surface area contributed by atoms with Crippen LogP contribution in [-0.2, 0) is 10.2 Å². The van der Waals surface area contributed by atoms with Gasteiger partial charge < -0.3 is 9.84 Å². The fourth-order valence-corrected chi connectivity index (χ4v) is 2.99. The average Bonchev–Trinajstić information content (AvgIpc) is 2.26. The van der Waals surface area contributed by atoms with Crippen molar-refractivity contribution in [2.75, 3.05) is 7.11 Å². The third-order valence-corrected chi connectivity index (χ3v) is 4.09. The van der Waals surface area contributed by atoms with E-state index < -0.39 is 11.4 Å². The summed E-state index contributed by atoms with van der Waals surface area (Å²) >= 11 is 3.53. The Balaban J connectivity index is 3.40. The van der Waals surface area contributed by atoms with E-state index in [1.54, 1.807) is 7.11 Å². The maximum absolute atomic E-state index is 11.0. The molecule has 0 unspecified atom stereocenters. The van der Waals surface area contributed by atoms with Gasteiger partial charge in [0.2, 0.25) is 0 Å². The van der Waals surface area contributed by atoms with Crippen LogP contribution in [0.25, 0.3) is 0 Å². The topological polar surface area (TPSA) is 46.5 Å². The Labute approximate surface area is 123 Å². The molecule has 0 heterocycles. The van der Waals surface area contributed by atoms with Gasteiger partial charge >= 0.3 is 5.97 Å². The van der Waals surface area contributed by atoms with Crippen LogP contribution in [0, 0.1) is 0 Å². The molecule has 19 heavy (non-hydrogen) atoms. The number of hydrogen-bond donors (Lipinski definition) is 1. The first kappa shape index (κ1) is 16.0. The maximum Gasteiger partial charge on any atom is 0.304 e. The van der Waals surface area contributed by atoms with Crippen molar-refractivity contribution in [1.29, 1.82) is 0 Å². The van der Waals surface area contributed by atoms with Crippen molar-refractivity contribution < 1.29 is 14.6 Å². The highest BCUT2D eigenvalue weighted by Crippen LogP contribution is 2.40. The second kappa shape index (κ2) is 5.95. The standard InChI is InChI=1S/C15H21BrO3/c1-9(2)10-6-11(14(16)12(7-10)19-5)15(3,4)8-13(17)18/h6-7,9H,8H2,1-5H3,(H,17,18). The predicted octanol–water partition coefficient (Wildman–Crippen LogP) is 4.33. The largest absolute Gasteiger partial charge is 0.496 e. The zero-order valence-electron chi connectivity index (χ0n) is 12.1. The monoisotopic (exact) mass is 328 g/mol. The van der Waals surface area contributed by atoms with Crippen LogP contribution in [0.4, 0.5) is 0 Å². The molecule has 1 rings (SSSR count). The second-order valence-electron chi connectivity index (χ2n) is 5.69. The first-order chi connectivity index (χ1) is 8.69. The maximum atomic E-state index is 11.0. The lowest BCUT2D eigenvalue weighted by molar-refractivity contribution is -0.138. The van der Waals surface area contributed by atoms with Crippen LogP contribution in [0.15, 0.2) is 16.6 Å². The molecule has 0 aliphatic heterocycles. The molecule has 4 heteroatoms. The lowest BCUT2D eigenvalue weighted by Crippen LogP contribution is -2.22. The van der Waals surface area contributed by atoms with Crippen LogP contribution < -0.4 is 4.74 Å². The number of benzene rings is 1. The van der Waals surface area contributed by atoms with Gasteiger partial charge in [-0.15, -0.1) is 0 Å². The van der Waals surface area contributed by atoms with Gasteiger partial charge in [-0.3, -0.25) is 4.79 Å². The van der Waals surface area contributed by atoms with E-state index in [9.17, 15) is 4.79 Å². The third-order valence-electron chi connectivity index (χ3n) is 3.27. The number of carboxylic acid groups (broad SMARTS) is 1. The van der Waals surface area contributed by atoms with Gasteiger partial charge in [-0.1, -0.05) is 33.8 Å². The molecule has 0 aromatic heterocycles. The number of methoxy groups -OCH3 is 1. The van der Waals surface area contributed by atoms with Gasteiger partial charge in [0, 0.05) is 5.41 Å². The van der Waals surface area contributed by atoms with Gasteiger partial charge in [0.15, 0.2) is 0 Å². The summed E-state index contributed by atoms with van der Waals surface area (Å²) in [5.41, 5.74) is 1.66. The summed E-state index contributed by atoms with van der Waals surface area (Å²) in [5, 5.41) is 9.06. The molecule has 0 spiro atoms. The van der Waals surface area contributed by atoms with Crippen molar-refractivity contribution in [3.05, 3.63) is 27.7 Å². The highest BCUT2D eigenvalue weighted by atomic mass is 79.9. The highest BCUT2D eigenvalue weighted by molar-refractivity contribution is 9.10. The fourth-order valence-electron chi connectivity index (χ4n) is 2.07. The fraction of sp³-hybridized carbons (Fsp3) is 0.533. The average molecular weight is 329 g/mol. The zero-order valence-corrected chi connectivity index (χ0v) is 13.7.